The predicted octanol–water partition coefficient (Wildman–Crippen LogP) is 2.40. The van der Waals surface area contributed by atoms with Crippen LogP contribution < -0.4 is 5.48 Å². The molecule has 0 aliphatic heterocycles. The first-order valence-electron chi connectivity index (χ1n) is 6.20. The van der Waals surface area contributed by atoms with E-state index in [9.17, 15) is 15.4 Å². The summed E-state index contributed by atoms with van der Waals surface area (Å²) < 4.78 is 6.55. The van der Waals surface area contributed by atoms with Gasteiger partial charge < -0.3 is 14.9 Å². The number of hydrogen-bond donors (Lipinski definition) is 4. The van der Waals surface area contributed by atoms with Gasteiger partial charge in [-0.1, -0.05) is 12.1 Å². The number of aliphatic hydroxyl groups is 2. The van der Waals surface area contributed by atoms with Crippen molar-refractivity contribution in [2.45, 2.75) is 6.42 Å². The Bertz CT molecular complexity index is 634. The number of ether oxygens (including phenoxy) is 1. The summed E-state index contributed by atoms with van der Waals surface area (Å²) in [4.78, 5) is 5.34. The summed E-state index contributed by atoms with van der Waals surface area (Å²) in [5.74, 6) is -0.514. The molecule has 1 aliphatic carbocycles. The fourth-order valence-corrected chi connectivity index (χ4v) is 2.12. The van der Waals surface area contributed by atoms with E-state index >= 15 is 0 Å². The summed E-state index contributed by atoms with van der Waals surface area (Å²) in [6.45, 7) is 0. The number of rotatable bonds is 4. The molecule has 4 N–H and O–H groups in total. The number of para-hydroxylation sites is 2. The van der Waals surface area contributed by atoms with E-state index in [1.54, 1.807) is 24.3 Å². The third-order valence-electron chi connectivity index (χ3n) is 3.08. The molecule has 0 bridgehead atoms. The second-order valence-electron chi connectivity index (χ2n) is 4.23. The van der Waals surface area contributed by atoms with E-state index in [0.29, 0.717) is 17.1 Å². The highest BCUT2D eigenvalue weighted by Crippen LogP contribution is 2.28. The standard InChI is InChI=1S/C14H16N2O5/c1-20-14-11(7-8-12(17)13(14)18)16(21-2)10-6-4-3-5-9(10)15-19/h3-6,8,15,17,19H,7H2,1-2H3/p+1. The SMILES string of the molecule is COC1=C(O)C(O)=CC/C1=[N+](/OC)c1ccccc1NO. The molecule has 1 aliphatic rings. The van der Waals surface area contributed by atoms with Crippen molar-refractivity contribution >= 4 is 17.1 Å². The number of allylic oxidation sites excluding steroid dienone is 2. The lowest BCUT2D eigenvalue weighted by atomic mass is 10.1. The van der Waals surface area contributed by atoms with Crippen molar-refractivity contribution in [2.24, 2.45) is 0 Å². The summed E-state index contributed by atoms with van der Waals surface area (Å²) >= 11 is 0. The van der Waals surface area contributed by atoms with Gasteiger partial charge in [0.05, 0.1) is 13.5 Å². The van der Waals surface area contributed by atoms with Gasteiger partial charge in [-0.2, -0.15) is 0 Å². The number of methoxy groups -OCH3 is 1. The molecule has 112 valence electrons. The highest BCUT2D eigenvalue weighted by molar-refractivity contribution is 5.98. The molecule has 0 aromatic heterocycles. The zero-order valence-corrected chi connectivity index (χ0v) is 11.7. The molecule has 21 heavy (non-hydrogen) atoms. The van der Waals surface area contributed by atoms with Crippen LogP contribution in [0.4, 0.5) is 11.4 Å². The number of aliphatic hydroxyl groups excluding tert-OH is 2. The molecule has 0 radical (unpaired) electrons. The van der Waals surface area contributed by atoms with E-state index in [1.165, 1.54) is 25.0 Å². The van der Waals surface area contributed by atoms with Gasteiger partial charge in [-0.3, -0.25) is 15.5 Å². The summed E-state index contributed by atoms with van der Waals surface area (Å²) in [7, 11) is 2.83. The van der Waals surface area contributed by atoms with Gasteiger partial charge in [0, 0.05) is 10.8 Å². The lowest BCUT2D eigenvalue weighted by molar-refractivity contribution is -0.720. The summed E-state index contributed by atoms with van der Waals surface area (Å²) in [6, 6.07) is 6.90. The molecule has 0 heterocycles. The van der Waals surface area contributed by atoms with Crippen LogP contribution in [0.1, 0.15) is 6.42 Å². The summed E-state index contributed by atoms with van der Waals surface area (Å²) in [5, 5.41) is 28.7. The molecular weight excluding hydrogens is 276 g/mol. The van der Waals surface area contributed by atoms with Gasteiger partial charge in [0.1, 0.15) is 12.8 Å². The summed E-state index contributed by atoms with van der Waals surface area (Å²) in [5.41, 5.74) is 3.51. The van der Waals surface area contributed by atoms with Crippen LogP contribution in [0.2, 0.25) is 0 Å². The fourth-order valence-electron chi connectivity index (χ4n) is 2.12. The van der Waals surface area contributed by atoms with Gasteiger partial charge in [-0.05, 0) is 12.1 Å². The van der Waals surface area contributed by atoms with Crippen molar-refractivity contribution in [1.82, 2.24) is 0 Å². The average Bonchev–Trinajstić information content (AvgIpc) is 2.52. The van der Waals surface area contributed by atoms with Crippen LogP contribution in [0.5, 0.6) is 0 Å². The smallest absolute Gasteiger partial charge is 0.284 e. The largest absolute Gasteiger partial charge is 0.504 e. The molecule has 7 nitrogen and oxygen atoms in total. The van der Waals surface area contributed by atoms with Crippen molar-refractivity contribution in [2.75, 3.05) is 19.7 Å². The van der Waals surface area contributed by atoms with Crippen molar-refractivity contribution < 1.29 is 29.7 Å². The van der Waals surface area contributed by atoms with Crippen molar-refractivity contribution in [1.29, 1.82) is 0 Å². The fraction of sp³-hybridized carbons (Fsp3) is 0.214. The second-order valence-corrected chi connectivity index (χ2v) is 4.23. The molecule has 7 heteroatoms. The van der Waals surface area contributed by atoms with Gasteiger partial charge in [0.25, 0.3) is 11.4 Å². The Morgan fingerprint density at radius 1 is 1.19 bits per heavy atom. The van der Waals surface area contributed by atoms with Crippen LogP contribution >= 0.6 is 0 Å². The summed E-state index contributed by atoms with van der Waals surface area (Å²) in [6.07, 6.45) is 1.72. The minimum Gasteiger partial charge on any atom is -0.504 e. The Hall–Kier alpha value is -2.67. The lowest BCUT2D eigenvalue weighted by Gasteiger charge is -2.14. The molecular formula is C14H17N2O5+. The van der Waals surface area contributed by atoms with E-state index in [1.807, 2.05) is 0 Å². The van der Waals surface area contributed by atoms with Gasteiger partial charge >= 0.3 is 0 Å². The van der Waals surface area contributed by atoms with Crippen molar-refractivity contribution in [3.8, 4) is 0 Å². The maximum Gasteiger partial charge on any atom is 0.284 e. The monoisotopic (exact) mass is 293 g/mol. The number of nitrogens with one attached hydrogen (secondary N) is 1. The normalized spacial score (nSPS) is 17.2. The number of nitrogens with zero attached hydrogens (tertiary/aromatic N) is 1. The average molecular weight is 293 g/mol. The zero-order valence-electron chi connectivity index (χ0n) is 11.7. The molecule has 0 unspecified atom stereocenters. The third kappa shape index (κ3) is 2.63. The van der Waals surface area contributed by atoms with Gasteiger partial charge in [0.2, 0.25) is 11.5 Å². The Kier molecular flexibility index (Phi) is 4.34. The van der Waals surface area contributed by atoms with Crippen LogP contribution in [0.15, 0.2) is 47.6 Å². The van der Waals surface area contributed by atoms with Crippen LogP contribution in [0.3, 0.4) is 0 Å². The molecule has 0 amide bonds. The van der Waals surface area contributed by atoms with Crippen LogP contribution in [-0.2, 0) is 9.57 Å². The quantitative estimate of drug-likeness (QED) is 0.503. The third-order valence-corrected chi connectivity index (χ3v) is 3.08. The minimum atomic E-state index is -0.366. The van der Waals surface area contributed by atoms with E-state index < -0.39 is 0 Å². The molecule has 0 atom stereocenters. The van der Waals surface area contributed by atoms with Crippen LogP contribution in [0, 0.1) is 0 Å². The van der Waals surface area contributed by atoms with E-state index in [0.717, 1.165) is 0 Å². The Morgan fingerprint density at radius 3 is 2.52 bits per heavy atom. The molecule has 0 saturated carbocycles. The highest BCUT2D eigenvalue weighted by Gasteiger charge is 2.33. The van der Waals surface area contributed by atoms with Crippen LogP contribution in [-0.4, -0.2) is 40.1 Å². The first-order valence-corrected chi connectivity index (χ1v) is 6.20. The highest BCUT2D eigenvalue weighted by atomic mass is 16.7. The topological polar surface area (TPSA) is 94.2 Å². The Labute approximate surface area is 121 Å². The number of hydrogen-bond acceptors (Lipinski definition) is 6. The van der Waals surface area contributed by atoms with Crippen molar-refractivity contribution in [3.63, 3.8) is 0 Å². The maximum atomic E-state index is 9.89. The minimum absolute atomic E-state index is 0.101. The zero-order chi connectivity index (χ0) is 15.4. The molecule has 0 fully saturated rings. The Morgan fingerprint density at radius 2 is 1.90 bits per heavy atom. The molecule has 1 aromatic carbocycles. The van der Waals surface area contributed by atoms with Crippen molar-refractivity contribution in [3.05, 3.63) is 47.6 Å². The number of anilines is 1. The van der Waals surface area contributed by atoms with E-state index in [-0.39, 0.29) is 23.7 Å². The van der Waals surface area contributed by atoms with E-state index in [4.69, 9.17) is 9.57 Å². The first kappa shape index (κ1) is 14.7. The van der Waals surface area contributed by atoms with E-state index in [2.05, 4.69) is 5.48 Å². The maximum absolute atomic E-state index is 9.89. The molecule has 1 aromatic rings. The van der Waals surface area contributed by atoms with Gasteiger partial charge in [-0.15, -0.1) is 0 Å². The molecule has 2 rings (SSSR count). The van der Waals surface area contributed by atoms with Gasteiger partial charge in [-0.25, -0.2) is 0 Å². The predicted molar refractivity (Wildman–Crippen MR) is 75.8 cm³/mol. The lowest BCUT2D eigenvalue weighted by Crippen LogP contribution is -2.24. The molecule has 0 spiro atoms. The molecule has 0 saturated heterocycles. The number of benzene rings is 1. The first-order chi connectivity index (χ1) is 10.1. The van der Waals surface area contributed by atoms with Gasteiger partial charge in [0.15, 0.2) is 5.76 Å². The Balaban J connectivity index is 2.64. The van der Waals surface area contributed by atoms with Crippen LogP contribution in [0.25, 0.3) is 0 Å². The second kappa shape index (κ2) is 6.19.